The Kier molecular flexibility index (Phi) is 5.01. The van der Waals surface area contributed by atoms with Crippen LogP contribution in [0, 0.1) is 6.92 Å². The monoisotopic (exact) mass is 302 g/mol. The summed E-state index contributed by atoms with van der Waals surface area (Å²) in [6.07, 6.45) is 1.56. The lowest BCUT2D eigenvalue weighted by Crippen LogP contribution is -2.37. The molecule has 0 aliphatic carbocycles. The number of hydrogen-bond donors (Lipinski definition) is 1. The van der Waals surface area contributed by atoms with Gasteiger partial charge in [-0.1, -0.05) is 17.7 Å². The maximum Gasteiger partial charge on any atom is 0.243 e. The highest BCUT2D eigenvalue weighted by Gasteiger charge is 2.28. The maximum absolute atomic E-state index is 12.6. The fourth-order valence-corrected chi connectivity index (χ4v) is 3.86. The van der Waals surface area contributed by atoms with Crippen molar-refractivity contribution < 1.29 is 8.42 Å². The van der Waals surface area contributed by atoms with Crippen molar-refractivity contribution in [2.75, 3.05) is 12.3 Å². The summed E-state index contributed by atoms with van der Waals surface area (Å²) in [5.74, 6) is 0. The molecular weight excluding hydrogens is 284 g/mol. The molecule has 0 aliphatic heterocycles. The van der Waals surface area contributed by atoms with Gasteiger partial charge in [0.15, 0.2) is 0 Å². The zero-order chi connectivity index (χ0) is 14.8. The number of nitrogens with two attached hydrogens (primary N) is 1. The van der Waals surface area contributed by atoms with Gasteiger partial charge in [0.1, 0.15) is 0 Å². The van der Waals surface area contributed by atoms with Crippen molar-refractivity contribution in [1.82, 2.24) is 4.31 Å². The quantitative estimate of drug-likeness (QED) is 0.672. The number of rotatable bonds is 5. The van der Waals surface area contributed by atoms with Gasteiger partial charge in [-0.15, -0.1) is 6.58 Å². The first-order valence-corrected chi connectivity index (χ1v) is 7.72. The number of hydrogen-bond acceptors (Lipinski definition) is 3. The highest BCUT2D eigenvalue weighted by molar-refractivity contribution is 7.89. The number of sulfonamides is 1. The normalized spacial score (nSPS) is 12.1. The molecule has 0 saturated heterocycles. The average molecular weight is 303 g/mol. The predicted molar refractivity (Wildman–Crippen MR) is 79.8 cm³/mol. The van der Waals surface area contributed by atoms with Crippen molar-refractivity contribution in [1.29, 1.82) is 0 Å². The van der Waals surface area contributed by atoms with Crippen LogP contribution >= 0.6 is 11.6 Å². The number of nitrogen functional groups attached to an aromatic ring is 1. The van der Waals surface area contributed by atoms with Gasteiger partial charge in [-0.3, -0.25) is 0 Å². The molecule has 106 valence electrons. The first-order valence-electron chi connectivity index (χ1n) is 5.90. The van der Waals surface area contributed by atoms with Crippen LogP contribution in [0.2, 0.25) is 5.02 Å². The van der Waals surface area contributed by atoms with Gasteiger partial charge in [0.05, 0.1) is 15.6 Å². The Morgan fingerprint density at radius 2 is 2.05 bits per heavy atom. The molecule has 2 N–H and O–H groups in total. The molecule has 0 radical (unpaired) electrons. The number of aryl methyl sites for hydroxylation is 1. The largest absolute Gasteiger partial charge is 0.397 e. The van der Waals surface area contributed by atoms with Crippen molar-refractivity contribution >= 4 is 27.3 Å². The lowest BCUT2D eigenvalue weighted by molar-refractivity contribution is 0.382. The van der Waals surface area contributed by atoms with Crippen LogP contribution in [-0.2, 0) is 10.0 Å². The van der Waals surface area contributed by atoms with Crippen molar-refractivity contribution in [2.24, 2.45) is 0 Å². The summed E-state index contributed by atoms with van der Waals surface area (Å²) < 4.78 is 26.6. The zero-order valence-corrected chi connectivity index (χ0v) is 12.9. The molecule has 6 heteroatoms. The molecule has 19 heavy (non-hydrogen) atoms. The second-order valence-electron chi connectivity index (χ2n) is 4.60. The summed E-state index contributed by atoms with van der Waals surface area (Å²) in [5, 5.41) is 0.358. The molecule has 1 aromatic rings. The highest BCUT2D eigenvalue weighted by atomic mass is 35.5. The molecule has 0 aliphatic rings. The molecule has 0 atom stereocenters. The molecule has 0 amide bonds. The Hall–Kier alpha value is -1.04. The van der Waals surface area contributed by atoms with Gasteiger partial charge in [0, 0.05) is 12.6 Å². The minimum atomic E-state index is -3.61. The van der Waals surface area contributed by atoms with Crippen LogP contribution in [0.5, 0.6) is 0 Å². The lowest BCUT2D eigenvalue weighted by atomic mass is 10.2. The van der Waals surface area contributed by atoms with E-state index < -0.39 is 10.0 Å². The third-order valence-corrected chi connectivity index (χ3v) is 5.28. The molecule has 4 nitrogen and oxygen atoms in total. The second kappa shape index (κ2) is 5.94. The van der Waals surface area contributed by atoms with E-state index in [0.29, 0.717) is 10.6 Å². The van der Waals surface area contributed by atoms with E-state index in [2.05, 4.69) is 6.58 Å². The van der Waals surface area contributed by atoms with E-state index in [4.69, 9.17) is 17.3 Å². The van der Waals surface area contributed by atoms with Crippen LogP contribution in [0.25, 0.3) is 0 Å². The van der Waals surface area contributed by atoms with Gasteiger partial charge >= 0.3 is 0 Å². The van der Waals surface area contributed by atoms with Crippen molar-refractivity contribution in [3.8, 4) is 0 Å². The van der Waals surface area contributed by atoms with Gasteiger partial charge in [0.2, 0.25) is 10.0 Å². The topological polar surface area (TPSA) is 63.4 Å². The fourth-order valence-electron chi connectivity index (χ4n) is 1.79. The van der Waals surface area contributed by atoms with Crippen LogP contribution < -0.4 is 5.73 Å². The van der Waals surface area contributed by atoms with E-state index >= 15 is 0 Å². The van der Waals surface area contributed by atoms with Gasteiger partial charge < -0.3 is 5.73 Å². The number of halogens is 1. The number of benzene rings is 1. The van der Waals surface area contributed by atoms with Gasteiger partial charge in [-0.25, -0.2) is 8.42 Å². The summed E-state index contributed by atoms with van der Waals surface area (Å²) >= 11 is 5.89. The van der Waals surface area contributed by atoms with Gasteiger partial charge in [-0.2, -0.15) is 4.31 Å². The number of nitrogens with zero attached hydrogens (tertiary/aromatic N) is 1. The maximum atomic E-state index is 12.6. The third-order valence-electron chi connectivity index (χ3n) is 2.77. The van der Waals surface area contributed by atoms with E-state index in [1.165, 1.54) is 10.4 Å². The molecule has 0 spiro atoms. The highest BCUT2D eigenvalue weighted by Crippen LogP contribution is 2.28. The molecule has 0 saturated carbocycles. The Balaban J connectivity index is 3.41. The standard InChI is InChI=1S/C13H19ClN2O2S/c1-5-6-16(9(2)3)19(17,18)13-8-12(15)11(14)7-10(13)4/h5,7-9H,1,6,15H2,2-4H3. The van der Waals surface area contributed by atoms with E-state index in [0.717, 1.165) is 0 Å². The van der Waals surface area contributed by atoms with Crippen molar-refractivity contribution in [3.05, 3.63) is 35.4 Å². The zero-order valence-electron chi connectivity index (χ0n) is 11.4. The lowest BCUT2D eigenvalue weighted by Gasteiger charge is -2.25. The van der Waals surface area contributed by atoms with Crippen LogP contribution in [-0.4, -0.2) is 25.3 Å². The minimum absolute atomic E-state index is 0.167. The molecular formula is C13H19ClN2O2S. The first kappa shape index (κ1) is 16.0. The van der Waals surface area contributed by atoms with E-state index in [-0.39, 0.29) is 23.2 Å². The van der Waals surface area contributed by atoms with Gasteiger partial charge in [0.25, 0.3) is 0 Å². The molecule has 0 bridgehead atoms. The Morgan fingerprint density at radius 3 is 2.53 bits per heavy atom. The molecule has 0 fully saturated rings. The molecule has 1 rings (SSSR count). The average Bonchev–Trinajstić information content (AvgIpc) is 2.29. The van der Waals surface area contributed by atoms with Gasteiger partial charge in [-0.05, 0) is 38.5 Å². The minimum Gasteiger partial charge on any atom is -0.397 e. The smallest absolute Gasteiger partial charge is 0.243 e. The SMILES string of the molecule is C=CCN(C(C)C)S(=O)(=O)c1cc(N)c(Cl)cc1C. The fraction of sp³-hybridized carbons (Fsp3) is 0.385. The molecule has 0 unspecified atom stereocenters. The Bertz CT molecular complexity index is 583. The third kappa shape index (κ3) is 3.29. The molecule has 0 aromatic heterocycles. The Morgan fingerprint density at radius 1 is 1.47 bits per heavy atom. The van der Waals surface area contributed by atoms with Crippen LogP contribution in [0.4, 0.5) is 5.69 Å². The molecule has 0 heterocycles. The van der Waals surface area contributed by atoms with Crippen LogP contribution in [0.3, 0.4) is 0 Å². The summed E-state index contributed by atoms with van der Waals surface area (Å²) in [7, 11) is -3.61. The number of anilines is 1. The van der Waals surface area contributed by atoms with Crippen molar-refractivity contribution in [2.45, 2.75) is 31.7 Å². The molecule has 1 aromatic carbocycles. The Labute approximate surface area is 119 Å². The summed E-state index contributed by atoms with van der Waals surface area (Å²) in [4.78, 5) is 0.185. The predicted octanol–water partition coefficient (Wildman–Crippen LogP) is 2.82. The first-order chi connectivity index (χ1) is 8.71. The van der Waals surface area contributed by atoms with Crippen LogP contribution in [0.15, 0.2) is 29.7 Å². The van der Waals surface area contributed by atoms with E-state index in [1.54, 1.807) is 19.1 Å². The van der Waals surface area contributed by atoms with E-state index in [1.807, 2.05) is 13.8 Å². The van der Waals surface area contributed by atoms with Crippen molar-refractivity contribution in [3.63, 3.8) is 0 Å². The van der Waals surface area contributed by atoms with Crippen LogP contribution in [0.1, 0.15) is 19.4 Å². The summed E-state index contributed by atoms with van der Waals surface area (Å²) in [6.45, 7) is 9.17. The summed E-state index contributed by atoms with van der Waals surface area (Å²) in [5.41, 5.74) is 6.54. The van der Waals surface area contributed by atoms with E-state index in [9.17, 15) is 8.42 Å². The summed E-state index contributed by atoms with van der Waals surface area (Å²) in [6, 6.07) is 2.81. The second-order valence-corrected chi connectivity index (χ2v) is 6.86.